The quantitative estimate of drug-likeness (QED) is 0.279. The molecule has 2 fully saturated rings. The molecule has 1 amide bonds. The zero-order chi connectivity index (χ0) is 31.8. The smallest absolute Gasteiger partial charge is 0.319 e. The SMILES string of the molecule is C=CC(=O)N1CCN(c2nc(OC[C@@H]3C[C@@H](C)CN3C)nc3c(=O)n(-c4cccc5cccc(Cl)c45)c(C)nc23)C[C@@H]1CC#N. The third-order valence-corrected chi connectivity index (χ3v) is 9.10. The third-order valence-electron chi connectivity index (χ3n) is 8.79. The topological polar surface area (TPSA) is 120 Å². The number of ether oxygens (including phenoxy) is 1. The molecule has 0 spiro atoms. The van der Waals surface area contributed by atoms with E-state index < -0.39 is 6.04 Å². The van der Waals surface area contributed by atoms with Crippen LogP contribution in [0.15, 0.2) is 53.8 Å². The van der Waals surface area contributed by atoms with Gasteiger partial charge in [0.1, 0.15) is 17.9 Å². The van der Waals surface area contributed by atoms with Crippen LogP contribution in [0.1, 0.15) is 25.6 Å². The van der Waals surface area contributed by atoms with Gasteiger partial charge in [0.2, 0.25) is 5.91 Å². The van der Waals surface area contributed by atoms with E-state index >= 15 is 0 Å². The van der Waals surface area contributed by atoms with Gasteiger partial charge in [-0.25, -0.2) is 4.98 Å². The lowest BCUT2D eigenvalue weighted by Gasteiger charge is -2.40. The number of aryl methyl sites for hydroxylation is 1. The van der Waals surface area contributed by atoms with Crippen LogP contribution < -0.4 is 15.2 Å². The van der Waals surface area contributed by atoms with Crippen LogP contribution in [0, 0.1) is 24.2 Å². The van der Waals surface area contributed by atoms with Crippen LogP contribution in [0.2, 0.25) is 5.02 Å². The summed E-state index contributed by atoms with van der Waals surface area (Å²) in [5.41, 5.74) is 0.668. The number of aromatic nitrogens is 4. The van der Waals surface area contributed by atoms with Gasteiger partial charge < -0.3 is 14.5 Å². The zero-order valence-electron chi connectivity index (χ0n) is 25.6. The van der Waals surface area contributed by atoms with Gasteiger partial charge in [-0.2, -0.15) is 15.2 Å². The molecule has 0 saturated carbocycles. The number of hydrogen-bond donors (Lipinski definition) is 0. The minimum absolute atomic E-state index is 0.0807. The van der Waals surface area contributed by atoms with E-state index in [0.29, 0.717) is 60.0 Å². The maximum absolute atomic E-state index is 14.4. The first-order chi connectivity index (χ1) is 21.7. The van der Waals surface area contributed by atoms with Crippen molar-refractivity contribution in [3.8, 4) is 17.8 Å². The summed E-state index contributed by atoms with van der Waals surface area (Å²) in [6, 6.07) is 13.4. The van der Waals surface area contributed by atoms with E-state index in [-0.39, 0.29) is 35.5 Å². The van der Waals surface area contributed by atoms with Crippen molar-refractivity contribution in [2.24, 2.45) is 5.92 Å². The predicted molar refractivity (Wildman–Crippen MR) is 174 cm³/mol. The van der Waals surface area contributed by atoms with Crippen LogP contribution in [0.25, 0.3) is 27.5 Å². The maximum atomic E-state index is 14.4. The molecule has 0 aliphatic carbocycles. The molecular weight excluding hydrogens is 592 g/mol. The summed E-state index contributed by atoms with van der Waals surface area (Å²) < 4.78 is 7.73. The van der Waals surface area contributed by atoms with E-state index in [2.05, 4.69) is 36.5 Å². The average molecular weight is 627 g/mol. The van der Waals surface area contributed by atoms with Crippen molar-refractivity contribution in [3.05, 3.63) is 70.3 Å². The number of carbonyl (C=O) groups excluding carboxylic acids is 1. The first kappa shape index (κ1) is 30.5. The van der Waals surface area contributed by atoms with E-state index in [1.807, 2.05) is 35.2 Å². The minimum Gasteiger partial charge on any atom is -0.462 e. The molecule has 2 aliphatic rings. The zero-order valence-corrected chi connectivity index (χ0v) is 26.4. The van der Waals surface area contributed by atoms with E-state index in [9.17, 15) is 14.9 Å². The summed E-state index contributed by atoms with van der Waals surface area (Å²) in [6.45, 7) is 10.0. The molecule has 2 aromatic heterocycles. The fourth-order valence-electron chi connectivity index (χ4n) is 6.63. The second-order valence-corrected chi connectivity index (χ2v) is 12.3. The molecule has 45 heavy (non-hydrogen) atoms. The van der Waals surface area contributed by atoms with E-state index in [1.54, 1.807) is 17.9 Å². The van der Waals surface area contributed by atoms with Gasteiger partial charge in [0.15, 0.2) is 11.3 Å². The summed E-state index contributed by atoms with van der Waals surface area (Å²) in [4.78, 5) is 47.2. The van der Waals surface area contributed by atoms with Crippen LogP contribution in [-0.2, 0) is 4.79 Å². The Morgan fingerprint density at radius 1 is 1.13 bits per heavy atom. The van der Waals surface area contributed by atoms with Crippen LogP contribution in [0.3, 0.4) is 0 Å². The molecule has 2 saturated heterocycles. The van der Waals surface area contributed by atoms with Gasteiger partial charge in [-0.05, 0) is 49.9 Å². The Hall–Kier alpha value is -4.53. The maximum Gasteiger partial charge on any atom is 0.319 e. The van der Waals surface area contributed by atoms with Crippen molar-refractivity contribution < 1.29 is 9.53 Å². The van der Waals surface area contributed by atoms with Crippen LogP contribution in [0.4, 0.5) is 5.82 Å². The van der Waals surface area contributed by atoms with E-state index in [4.69, 9.17) is 26.3 Å². The average Bonchev–Trinajstić information content (AvgIpc) is 3.36. The third kappa shape index (κ3) is 5.72. The number of carbonyl (C=O) groups is 1. The summed E-state index contributed by atoms with van der Waals surface area (Å²) >= 11 is 6.65. The van der Waals surface area contributed by atoms with Gasteiger partial charge in [-0.3, -0.25) is 19.1 Å². The Balaban J connectivity index is 1.49. The molecular formula is C33H35ClN8O3. The number of likely N-dealkylation sites (tertiary alicyclic amines) is 1. The number of nitrogens with zero attached hydrogens (tertiary/aromatic N) is 8. The molecule has 232 valence electrons. The van der Waals surface area contributed by atoms with Crippen molar-refractivity contribution >= 4 is 45.1 Å². The number of hydrogen-bond acceptors (Lipinski definition) is 9. The fraction of sp³-hybridized carbons (Fsp3) is 0.394. The Morgan fingerprint density at radius 3 is 2.62 bits per heavy atom. The number of nitriles is 1. The molecule has 3 atom stereocenters. The highest BCUT2D eigenvalue weighted by atomic mass is 35.5. The highest BCUT2D eigenvalue weighted by molar-refractivity contribution is 6.36. The summed E-state index contributed by atoms with van der Waals surface area (Å²) in [6.07, 6.45) is 2.39. The normalized spacial score (nSPS) is 20.5. The number of halogens is 1. The summed E-state index contributed by atoms with van der Waals surface area (Å²) in [5.74, 6) is 1.19. The molecule has 6 rings (SSSR count). The Labute approximate surface area is 266 Å². The van der Waals surface area contributed by atoms with E-state index in [0.717, 1.165) is 23.7 Å². The molecule has 0 unspecified atom stereocenters. The number of benzene rings is 2. The second kappa shape index (κ2) is 12.5. The highest BCUT2D eigenvalue weighted by Gasteiger charge is 2.33. The van der Waals surface area contributed by atoms with Gasteiger partial charge >= 0.3 is 6.01 Å². The van der Waals surface area contributed by atoms with Crippen LogP contribution >= 0.6 is 11.6 Å². The Bertz CT molecular complexity index is 1900. The lowest BCUT2D eigenvalue weighted by molar-refractivity contribution is -0.128. The van der Waals surface area contributed by atoms with Crippen molar-refractivity contribution in [3.63, 3.8) is 0 Å². The number of piperazine rings is 1. The standard InChI is InChI=1S/C33H35ClN8O3/c1-5-27(43)41-15-14-40(18-23(41)12-13-35)31-29-30(37-33(38-31)45-19-24-16-20(2)17-39(24)4)32(44)42(21(3)36-29)26-11-7-9-22-8-6-10-25(34)28(22)26/h5-11,20,23-24H,1,12,14-19H2,2-4H3/t20-,23+,24+/m1/s1. The van der Waals surface area contributed by atoms with Crippen LogP contribution in [0.5, 0.6) is 6.01 Å². The molecule has 2 aliphatic heterocycles. The molecule has 0 bridgehead atoms. The molecule has 4 heterocycles. The first-order valence-corrected chi connectivity index (χ1v) is 15.4. The molecule has 4 aromatic rings. The number of rotatable bonds is 7. The van der Waals surface area contributed by atoms with Crippen molar-refractivity contribution in [2.45, 2.75) is 38.8 Å². The Morgan fingerprint density at radius 2 is 1.91 bits per heavy atom. The fourth-order valence-corrected chi connectivity index (χ4v) is 6.91. The van der Waals surface area contributed by atoms with Crippen LogP contribution in [-0.4, -0.2) is 87.1 Å². The number of likely N-dealkylation sites (N-methyl/N-ethyl adjacent to an activating group) is 1. The monoisotopic (exact) mass is 626 g/mol. The van der Waals surface area contributed by atoms with Gasteiger partial charge in [0.25, 0.3) is 5.56 Å². The van der Waals surface area contributed by atoms with Crippen molar-refractivity contribution in [1.29, 1.82) is 5.26 Å². The van der Waals surface area contributed by atoms with E-state index in [1.165, 1.54) is 10.6 Å². The minimum atomic E-state index is -0.392. The highest BCUT2D eigenvalue weighted by Crippen LogP contribution is 2.32. The van der Waals surface area contributed by atoms with Gasteiger partial charge in [-0.15, -0.1) is 0 Å². The Kier molecular flexibility index (Phi) is 8.44. The van der Waals surface area contributed by atoms with Crippen molar-refractivity contribution in [2.75, 3.05) is 44.7 Å². The number of anilines is 1. The van der Waals surface area contributed by atoms with Gasteiger partial charge in [0, 0.05) is 37.6 Å². The molecule has 0 radical (unpaired) electrons. The largest absolute Gasteiger partial charge is 0.462 e. The number of amides is 1. The first-order valence-electron chi connectivity index (χ1n) is 15.1. The molecule has 0 N–H and O–H groups in total. The lowest BCUT2D eigenvalue weighted by atomic mass is 10.1. The molecule has 11 nitrogen and oxygen atoms in total. The predicted octanol–water partition coefficient (Wildman–Crippen LogP) is 4.13. The number of fused-ring (bicyclic) bond motifs is 2. The van der Waals surface area contributed by atoms with Gasteiger partial charge in [0.05, 0.1) is 29.2 Å². The van der Waals surface area contributed by atoms with Crippen molar-refractivity contribution in [1.82, 2.24) is 29.3 Å². The summed E-state index contributed by atoms with van der Waals surface area (Å²) in [7, 11) is 2.07. The lowest BCUT2D eigenvalue weighted by Crippen LogP contribution is -2.55. The summed E-state index contributed by atoms with van der Waals surface area (Å²) in [5, 5.41) is 11.7. The second-order valence-electron chi connectivity index (χ2n) is 11.9. The molecule has 2 aromatic carbocycles. The van der Waals surface area contributed by atoms with Gasteiger partial charge in [-0.1, -0.05) is 49.4 Å². The molecule has 12 heteroatoms.